The van der Waals surface area contributed by atoms with E-state index in [0.717, 1.165) is 10.1 Å². The van der Waals surface area contributed by atoms with Crippen LogP contribution in [0.15, 0.2) is 65.5 Å². The molecule has 2 heterocycles. The van der Waals surface area contributed by atoms with Crippen LogP contribution < -0.4 is 5.56 Å². The number of aromatic amines is 1. The van der Waals surface area contributed by atoms with Gasteiger partial charge in [0, 0.05) is 23.3 Å². The molecule has 0 aliphatic carbocycles. The summed E-state index contributed by atoms with van der Waals surface area (Å²) in [6.07, 6.45) is 0. The third-order valence-electron chi connectivity index (χ3n) is 4.60. The largest absolute Gasteiger partial charge is 0.456 e. The van der Waals surface area contributed by atoms with E-state index in [4.69, 9.17) is 4.74 Å². The maximum absolute atomic E-state index is 12.5. The highest BCUT2D eigenvalue weighted by molar-refractivity contribution is 5.88. The maximum Gasteiger partial charge on any atom is 0.356 e. The SMILES string of the molecule is Cc1cccc(COC(=O)c2cc3nc(-c4ccccc4)cc(=O)n3[nH]2)c1[N+](=O)[O-]. The van der Waals surface area contributed by atoms with Crippen molar-refractivity contribution in [3.8, 4) is 11.3 Å². The molecule has 2 aromatic heterocycles. The third kappa shape index (κ3) is 3.55. The summed E-state index contributed by atoms with van der Waals surface area (Å²) in [7, 11) is 0. The highest BCUT2D eigenvalue weighted by Gasteiger charge is 2.19. The van der Waals surface area contributed by atoms with Crippen molar-refractivity contribution < 1.29 is 14.5 Å². The molecular weight excluding hydrogens is 388 g/mol. The summed E-state index contributed by atoms with van der Waals surface area (Å²) >= 11 is 0. The molecule has 0 radical (unpaired) electrons. The van der Waals surface area contributed by atoms with Crippen LogP contribution in [-0.4, -0.2) is 25.5 Å². The Bertz CT molecular complexity index is 1320. The van der Waals surface area contributed by atoms with Gasteiger partial charge in [0.05, 0.1) is 16.2 Å². The summed E-state index contributed by atoms with van der Waals surface area (Å²) < 4.78 is 6.36. The number of hydrogen-bond acceptors (Lipinski definition) is 6. The van der Waals surface area contributed by atoms with Gasteiger partial charge >= 0.3 is 5.97 Å². The molecule has 4 aromatic rings. The number of ether oxygens (including phenoxy) is 1. The minimum absolute atomic E-state index is 0.0140. The molecule has 1 N–H and O–H groups in total. The molecule has 0 atom stereocenters. The van der Waals surface area contributed by atoms with Crippen molar-refractivity contribution in [2.75, 3.05) is 0 Å². The first-order valence-electron chi connectivity index (χ1n) is 9.02. The molecule has 2 aromatic carbocycles. The minimum Gasteiger partial charge on any atom is -0.456 e. The Morgan fingerprint density at radius 1 is 1.17 bits per heavy atom. The van der Waals surface area contributed by atoms with Crippen molar-refractivity contribution >= 4 is 17.3 Å². The molecule has 30 heavy (non-hydrogen) atoms. The van der Waals surface area contributed by atoms with Crippen LogP contribution in [-0.2, 0) is 11.3 Å². The second-order valence-electron chi connectivity index (χ2n) is 6.62. The third-order valence-corrected chi connectivity index (χ3v) is 4.60. The highest BCUT2D eigenvalue weighted by atomic mass is 16.6. The molecule has 0 aliphatic rings. The second kappa shape index (κ2) is 7.63. The van der Waals surface area contributed by atoms with Crippen LogP contribution in [0.2, 0.25) is 0 Å². The Balaban J connectivity index is 1.60. The molecule has 9 heteroatoms. The Labute approximate surface area is 169 Å². The normalized spacial score (nSPS) is 10.8. The molecule has 0 saturated heterocycles. The van der Waals surface area contributed by atoms with E-state index in [1.54, 1.807) is 19.1 Å². The van der Waals surface area contributed by atoms with E-state index in [1.807, 2.05) is 30.3 Å². The summed E-state index contributed by atoms with van der Waals surface area (Å²) in [5, 5.41) is 13.9. The van der Waals surface area contributed by atoms with Gasteiger partial charge in [0.2, 0.25) is 0 Å². The number of nitro benzene ring substituents is 1. The van der Waals surface area contributed by atoms with E-state index < -0.39 is 10.9 Å². The predicted octanol–water partition coefficient (Wildman–Crippen LogP) is 3.26. The predicted molar refractivity (Wildman–Crippen MR) is 108 cm³/mol. The number of benzene rings is 2. The second-order valence-corrected chi connectivity index (χ2v) is 6.62. The van der Waals surface area contributed by atoms with Crippen molar-refractivity contribution in [2.24, 2.45) is 0 Å². The first-order chi connectivity index (χ1) is 14.4. The number of esters is 1. The van der Waals surface area contributed by atoms with Crippen LogP contribution in [0.5, 0.6) is 0 Å². The van der Waals surface area contributed by atoms with Gasteiger partial charge in [0.15, 0.2) is 5.65 Å². The van der Waals surface area contributed by atoms with Gasteiger partial charge in [-0.25, -0.2) is 14.3 Å². The summed E-state index contributed by atoms with van der Waals surface area (Å²) in [5.41, 5.74) is 1.81. The lowest BCUT2D eigenvalue weighted by Gasteiger charge is -2.06. The molecule has 4 rings (SSSR count). The fourth-order valence-electron chi connectivity index (χ4n) is 3.17. The lowest BCUT2D eigenvalue weighted by Crippen LogP contribution is -2.15. The van der Waals surface area contributed by atoms with Gasteiger partial charge in [0.1, 0.15) is 12.3 Å². The van der Waals surface area contributed by atoms with Crippen molar-refractivity contribution in [1.82, 2.24) is 14.6 Å². The molecule has 0 spiro atoms. The number of para-hydroxylation sites is 1. The van der Waals surface area contributed by atoms with Gasteiger partial charge < -0.3 is 4.74 Å². The summed E-state index contributed by atoms with van der Waals surface area (Å²) in [5.74, 6) is -0.753. The molecule has 0 fully saturated rings. The lowest BCUT2D eigenvalue weighted by molar-refractivity contribution is -0.386. The van der Waals surface area contributed by atoms with Gasteiger partial charge in [-0.3, -0.25) is 20.0 Å². The van der Waals surface area contributed by atoms with E-state index >= 15 is 0 Å². The van der Waals surface area contributed by atoms with Crippen LogP contribution in [0, 0.1) is 17.0 Å². The van der Waals surface area contributed by atoms with Crippen LogP contribution in [0.25, 0.3) is 16.9 Å². The number of carbonyl (C=O) groups is 1. The van der Waals surface area contributed by atoms with E-state index in [-0.39, 0.29) is 34.8 Å². The summed E-state index contributed by atoms with van der Waals surface area (Å²) in [4.78, 5) is 40.0. The number of carbonyl (C=O) groups excluding carboxylic acids is 1. The van der Waals surface area contributed by atoms with Crippen LogP contribution in [0.3, 0.4) is 0 Å². The quantitative estimate of drug-likeness (QED) is 0.310. The summed E-state index contributed by atoms with van der Waals surface area (Å²) in [6.45, 7) is 1.34. The van der Waals surface area contributed by atoms with Gasteiger partial charge in [-0.1, -0.05) is 42.5 Å². The first kappa shape index (κ1) is 19.1. The molecule has 0 saturated carbocycles. The zero-order chi connectivity index (χ0) is 21.3. The van der Waals surface area contributed by atoms with E-state index in [2.05, 4.69) is 10.1 Å². The number of H-pyrrole nitrogens is 1. The standard InChI is InChI=1S/C21H16N4O5/c1-13-6-5-9-15(20(13)25(28)29)12-30-21(27)17-10-18-22-16(11-19(26)24(18)23-17)14-7-3-2-4-8-14/h2-11,23H,12H2,1H3. The molecule has 0 amide bonds. The number of nitrogens with one attached hydrogen (secondary N) is 1. The van der Waals surface area contributed by atoms with Crippen LogP contribution >= 0.6 is 0 Å². The number of aryl methyl sites for hydroxylation is 1. The number of hydrogen-bond donors (Lipinski definition) is 1. The zero-order valence-corrected chi connectivity index (χ0v) is 15.9. The van der Waals surface area contributed by atoms with E-state index in [0.29, 0.717) is 11.3 Å². The first-order valence-corrected chi connectivity index (χ1v) is 9.02. The number of nitro groups is 1. The average Bonchev–Trinajstić information content (AvgIpc) is 3.17. The molecular formula is C21H16N4O5. The Kier molecular flexibility index (Phi) is 4.85. The minimum atomic E-state index is -0.753. The fraction of sp³-hybridized carbons (Fsp3) is 0.0952. The van der Waals surface area contributed by atoms with Crippen molar-refractivity contribution in [3.05, 3.63) is 98.0 Å². The fourth-order valence-corrected chi connectivity index (χ4v) is 3.17. The highest BCUT2D eigenvalue weighted by Crippen LogP contribution is 2.24. The van der Waals surface area contributed by atoms with Crippen LogP contribution in [0.1, 0.15) is 21.6 Å². The zero-order valence-electron chi connectivity index (χ0n) is 15.9. The number of nitrogens with zero attached hydrogens (tertiary/aromatic N) is 3. The van der Waals surface area contributed by atoms with Crippen molar-refractivity contribution in [2.45, 2.75) is 13.5 Å². The Morgan fingerprint density at radius 2 is 1.93 bits per heavy atom. The number of aromatic nitrogens is 3. The van der Waals surface area contributed by atoms with Gasteiger partial charge in [-0.15, -0.1) is 0 Å². The maximum atomic E-state index is 12.5. The van der Waals surface area contributed by atoms with Crippen molar-refractivity contribution in [1.29, 1.82) is 0 Å². The van der Waals surface area contributed by atoms with Crippen LogP contribution in [0.4, 0.5) is 5.69 Å². The molecule has 0 unspecified atom stereocenters. The number of fused-ring (bicyclic) bond motifs is 1. The average molecular weight is 404 g/mol. The molecule has 0 bridgehead atoms. The molecule has 9 nitrogen and oxygen atoms in total. The van der Waals surface area contributed by atoms with Gasteiger partial charge in [0.25, 0.3) is 11.2 Å². The Morgan fingerprint density at radius 3 is 2.67 bits per heavy atom. The Hall–Kier alpha value is -4.27. The van der Waals surface area contributed by atoms with Gasteiger partial charge in [-0.2, -0.15) is 0 Å². The van der Waals surface area contributed by atoms with E-state index in [1.165, 1.54) is 18.2 Å². The van der Waals surface area contributed by atoms with Gasteiger partial charge in [-0.05, 0) is 13.0 Å². The smallest absolute Gasteiger partial charge is 0.356 e. The number of rotatable bonds is 5. The van der Waals surface area contributed by atoms with Crippen molar-refractivity contribution in [3.63, 3.8) is 0 Å². The summed E-state index contributed by atoms with van der Waals surface area (Å²) in [6, 6.07) is 16.8. The lowest BCUT2D eigenvalue weighted by atomic mass is 10.1. The topological polar surface area (TPSA) is 120 Å². The molecule has 150 valence electrons. The molecule has 0 aliphatic heterocycles. The van der Waals surface area contributed by atoms with E-state index in [9.17, 15) is 19.7 Å². The monoisotopic (exact) mass is 404 g/mol.